The molecule has 0 aromatic carbocycles. The highest BCUT2D eigenvalue weighted by atomic mass is 35.5. The van der Waals surface area contributed by atoms with E-state index in [-0.39, 0.29) is 0 Å². The van der Waals surface area contributed by atoms with Crippen LogP contribution in [0, 0.1) is 10.7 Å². The highest BCUT2D eigenvalue weighted by molar-refractivity contribution is 8.03. The zero-order valence-corrected chi connectivity index (χ0v) is 10.1. The molecule has 84 valence electrons. The van der Waals surface area contributed by atoms with Gasteiger partial charge in [0, 0.05) is 18.0 Å². The van der Waals surface area contributed by atoms with E-state index in [2.05, 4.69) is 4.98 Å². The summed E-state index contributed by atoms with van der Waals surface area (Å²) >= 11 is 6.98. The number of thiocyanates is 1. The lowest BCUT2D eigenvalue weighted by atomic mass is 10.4. The normalized spacial score (nSPS) is 9.88. The van der Waals surface area contributed by atoms with Crippen LogP contribution in [0.15, 0.2) is 35.5 Å². The summed E-state index contributed by atoms with van der Waals surface area (Å²) < 4.78 is 1.56. The van der Waals surface area contributed by atoms with Crippen molar-refractivity contribution < 1.29 is 4.79 Å². The van der Waals surface area contributed by atoms with Crippen LogP contribution < -0.4 is 0 Å². The van der Waals surface area contributed by atoms with Crippen molar-refractivity contribution in [3.8, 4) is 11.2 Å². The molecule has 4 nitrogen and oxygen atoms in total. The summed E-state index contributed by atoms with van der Waals surface area (Å²) in [5, 5.41) is 11.7. The quantitative estimate of drug-likeness (QED) is 0.485. The molecule has 6 heteroatoms. The molecule has 0 fully saturated rings. The van der Waals surface area contributed by atoms with E-state index in [4.69, 9.17) is 16.9 Å². The number of hydrogen-bond donors (Lipinski definition) is 0. The Labute approximate surface area is 107 Å². The summed E-state index contributed by atoms with van der Waals surface area (Å²) in [5.41, 5.74) is 0.406. The largest absolute Gasteiger partial charge is 0.296 e. The van der Waals surface area contributed by atoms with Crippen molar-refractivity contribution in [1.29, 1.82) is 5.26 Å². The van der Waals surface area contributed by atoms with E-state index in [1.165, 1.54) is 0 Å². The first-order chi connectivity index (χ1) is 8.27. The minimum atomic E-state index is 0.406. The lowest BCUT2D eigenvalue weighted by molar-refractivity contribution is 0.111. The summed E-state index contributed by atoms with van der Waals surface area (Å²) in [6.07, 6.45) is 2.28. The smallest absolute Gasteiger partial charge is 0.166 e. The molecule has 0 aliphatic rings. The van der Waals surface area contributed by atoms with Crippen molar-refractivity contribution in [2.75, 3.05) is 0 Å². The van der Waals surface area contributed by atoms with Crippen LogP contribution in [0.2, 0.25) is 5.02 Å². The Morgan fingerprint density at radius 2 is 2.29 bits per heavy atom. The molecule has 0 spiro atoms. The van der Waals surface area contributed by atoms with Crippen molar-refractivity contribution in [3.05, 3.63) is 41.2 Å². The van der Waals surface area contributed by atoms with Gasteiger partial charge >= 0.3 is 0 Å². The lowest BCUT2D eigenvalue weighted by Crippen LogP contribution is -2.03. The standard InChI is InChI=1S/C11H6ClN3OS/c12-9-2-1-5-14-11(9)15-8(6-16)3-4-10(15)17-7-13/h1-6H. The maximum Gasteiger partial charge on any atom is 0.166 e. The predicted octanol–water partition coefficient (Wildman–Crippen LogP) is 2.91. The van der Waals surface area contributed by atoms with E-state index in [0.717, 1.165) is 11.8 Å². The maximum absolute atomic E-state index is 10.9. The number of nitrogens with zero attached hydrogens (tertiary/aromatic N) is 3. The molecule has 0 saturated heterocycles. The molecule has 0 aliphatic heterocycles. The molecule has 0 atom stereocenters. The molecule has 0 amide bonds. The van der Waals surface area contributed by atoms with E-state index >= 15 is 0 Å². The Balaban J connectivity index is 2.65. The number of carbonyl (C=O) groups excluding carboxylic acids is 1. The molecule has 0 unspecified atom stereocenters. The SMILES string of the molecule is N#CSc1ccc(C=O)n1-c1ncccc1Cl. The van der Waals surface area contributed by atoms with Gasteiger partial charge in [0.1, 0.15) is 5.40 Å². The summed E-state index contributed by atoms with van der Waals surface area (Å²) in [4.78, 5) is 15.1. The van der Waals surface area contributed by atoms with Gasteiger partial charge in [-0.1, -0.05) is 11.6 Å². The van der Waals surface area contributed by atoms with Crippen molar-refractivity contribution in [3.63, 3.8) is 0 Å². The van der Waals surface area contributed by atoms with Gasteiger partial charge in [-0.25, -0.2) is 4.98 Å². The minimum absolute atomic E-state index is 0.406. The predicted molar refractivity (Wildman–Crippen MR) is 65.4 cm³/mol. The number of nitriles is 1. The van der Waals surface area contributed by atoms with E-state index in [9.17, 15) is 4.79 Å². The fraction of sp³-hybridized carbons (Fsp3) is 0. The van der Waals surface area contributed by atoms with Gasteiger partial charge in [0.05, 0.1) is 15.7 Å². The second-order valence-electron chi connectivity index (χ2n) is 3.05. The zero-order valence-electron chi connectivity index (χ0n) is 8.50. The summed E-state index contributed by atoms with van der Waals surface area (Å²) in [7, 11) is 0. The van der Waals surface area contributed by atoms with Crippen molar-refractivity contribution in [1.82, 2.24) is 9.55 Å². The van der Waals surface area contributed by atoms with Gasteiger partial charge in [-0.3, -0.25) is 9.36 Å². The van der Waals surface area contributed by atoms with Crippen LogP contribution >= 0.6 is 23.4 Å². The fourth-order valence-electron chi connectivity index (χ4n) is 1.42. The van der Waals surface area contributed by atoms with Crippen LogP contribution in [0.4, 0.5) is 0 Å². The van der Waals surface area contributed by atoms with Gasteiger partial charge in [0.25, 0.3) is 0 Å². The number of aldehydes is 1. The average molecular weight is 264 g/mol. The van der Waals surface area contributed by atoms with Crippen LogP contribution in [0.3, 0.4) is 0 Å². The van der Waals surface area contributed by atoms with Crippen LogP contribution in [0.25, 0.3) is 5.82 Å². The molecule has 0 radical (unpaired) electrons. The summed E-state index contributed by atoms with van der Waals surface area (Å²) in [5.74, 6) is 0.444. The first kappa shape index (κ1) is 11.7. The molecule has 0 bridgehead atoms. The second-order valence-corrected chi connectivity index (χ2v) is 4.26. The summed E-state index contributed by atoms with van der Waals surface area (Å²) in [6, 6.07) is 6.69. The highest BCUT2D eigenvalue weighted by Gasteiger charge is 2.13. The van der Waals surface area contributed by atoms with Crippen molar-refractivity contribution >= 4 is 29.6 Å². The van der Waals surface area contributed by atoms with Gasteiger partial charge in [0.2, 0.25) is 0 Å². The Kier molecular flexibility index (Phi) is 3.47. The Morgan fingerprint density at radius 1 is 1.47 bits per heavy atom. The number of halogens is 1. The third kappa shape index (κ3) is 2.18. The third-order valence-electron chi connectivity index (χ3n) is 2.10. The topological polar surface area (TPSA) is 58.7 Å². The molecule has 0 aliphatic carbocycles. The molecular formula is C11H6ClN3OS. The Hall–Kier alpha value is -1.77. The Bertz CT molecular complexity index is 603. The van der Waals surface area contributed by atoms with E-state index in [0.29, 0.717) is 27.8 Å². The molecular weight excluding hydrogens is 258 g/mol. The van der Waals surface area contributed by atoms with Crippen LogP contribution in [-0.2, 0) is 0 Å². The van der Waals surface area contributed by atoms with Crippen LogP contribution in [-0.4, -0.2) is 15.8 Å². The lowest BCUT2D eigenvalue weighted by Gasteiger charge is -2.08. The molecule has 2 aromatic rings. The number of thioether (sulfide) groups is 1. The molecule has 2 heterocycles. The third-order valence-corrected chi connectivity index (χ3v) is 3.01. The minimum Gasteiger partial charge on any atom is -0.296 e. The molecule has 2 rings (SSSR count). The van der Waals surface area contributed by atoms with Gasteiger partial charge in [0.15, 0.2) is 12.1 Å². The summed E-state index contributed by atoms with van der Waals surface area (Å²) in [6.45, 7) is 0. The fourth-order valence-corrected chi connectivity index (χ4v) is 2.14. The molecule has 17 heavy (non-hydrogen) atoms. The van der Waals surface area contributed by atoms with Crippen molar-refractivity contribution in [2.24, 2.45) is 0 Å². The highest BCUT2D eigenvalue weighted by Crippen LogP contribution is 2.27. The number of aromatic nitrogens is 2. The number of pyridine rings is 1. The van der Waals surface area contributed by atoms with Gasteiger partial charge in [-0.05, 0) is 24.3 Å². The first-order valence-corrected chi connectivity index (χ1v) is 5.81. The molecule has 2 aromatic heterocycles. The van der Waals surface area contributed by atoms with Crippen LogP contribution in [0.1, 0.15) is 10.5 Å². The zero-order chi connectivity index (χ0) is 12.3. The second kappa shape index (κ2) is 5.04. The number of rotatable bonds is 3. The van der Waals surface area contributed by atoms with Gasteiger partial charge in [-0.15, -0.1) is 0 Å². The van der Waals surface area contributed by atoms with Crippen LogP contribution in [0.5, 0.6) is 0 Å². The van der Waals surface area contributed by atoms with Gasteiger partial charge in [-0.2, -0.15) is 5.26 Å². The van der Waals surface area contributed by atoms with E-state index in [1.54, 1.807) is 35.0 Å². The van der Waals surface area contributed by atoms with Crippen molar-refractivity contribution in [2.45, 2.75) is 5.03 Å². The van der Waals surface area contributed by atoms with Gasteiger partial charge < -0.3 is 0 Å². The average Bonchev–Trinajstić information content (AvgIpc) is 2.73. The molecule has 0 saturated carbocycles. The monoisotopic (exact) mass is 263 g/mol. The first-order valence-electron chi connectivity index (χ1n) is 4.61. The number of hydrogen-bond acceptors (Lipinski definition) is 4. The molecule has 0 N–H and O–H groups in total. The van der Waals surface area contributed by atoms with E-state index in [1.807, 2.05) is 5.40 Å². The maximum atomic E-state index is 10.9. The number of carbonyl (C=O) groups is 1. The Morgan fingerprint density at radius 3 is 2.94 bits per heavy atom. The van der Waals surface area contributed by atoms with E-state index < -0.39 is 0 Å².